The summed E-state index contributed by atoms with van der Waals surface area (Å²) >= 11 is 0. The van der Waals surface area contributed by atoms with Crippen LogP contribution in [-0.2, 0) is 12.8 Å². The number of aryl methyl sites for hydroxylation is 2. The van der Waals surface area contributed by atoms with Gasteiger partial charge in [0.2, 0.25) is 0 Å². The number of unbranched alkanes of at least 4 members (excludes halogenated alkanes) is 19. The minimum atomic E-state index is 0.441. The molecule has 2 heteroatoms. The highest BCUT2D eigenvalue weighted by molar-refractivity contribution is 5.44. The van der Waals surface area contributed by atoms with Gasteiger partial charge in [0.05, 0.1) is 0 Å². The van der Waals surface area contributed by atoms with Crippen molar-refractivity contribution >= 4 is 11.4 Å². The molecule has 306 valence electrons. The van der Waals surface area contributed by atoms with Gasteiger partial charge in [-0.15, -0.1) is 0 Å². The molecule has 0 spiro atoms. The Morgan fingerprint density at radius 1 is 0.304 bits per heavy atom. The fourth-order valence-corrected chi connectivity index (χ4v) is 8.67. The molecule has 0 saturated carbocycles. The van der Waals surface area contributed by atoms with Crippen LogP contribution in [0, 0.1) is 0 Å². The molecule has 4 aromatic carbocycles. The largest absolute Gasteiger partial charge is 0.399 e. The molecule has 0 aliphatic rings. The van der Waals surface area contributed by atoms with Gasteiger partial charge >= 0.3 is 0 Å². The van der Waals surface area contributed by atoms with Gasteiger partial charge in [-0.05, 0) is 96.2 Å². The Morgan fingerprint density at radius 2 is 0.554 bits per heavy atom. The average molecular weight is 757 g/mol. The highest BCUT2D eigenvalue weighted by Gasteiger charge is 2.16. The second kappa shape index (κ2) is 28.0. The first-order valence-corrected chi connectivity index (χ1v) is 23.5. The predicted octanol–water partition coefficient (Wildman–Crippen LogP) is 16.3. The van der Waals surface area contributed by atoms with Crippen molar-refractivity contribution in [2.75, 3.05) is 11.5 Å². The van der Waals surface area contributed by atoms with Crippen LogP contribution in [0.5, 0.6) is 0 Å². The zero-order valence-electron chi connectivity index (χ0n) is 35.9. The highest BCUT2D eigenvalue weighted by Crippen LogP contribution is 2.33. The maximum absolute atomic E-state index is 6.07. The van der Waals surface area contributed by atoms with Crippen molar-refractivity contribution in [3.8, 4) is 0 Å². The molecule has 0 radical (unpaired) electrons. The third-order valence-electron chi connectivity index (χ3n) is 12.3. The lowest BCUT2D eigenvalue weighted by molar-refractivity contribution is 0.540. The van der Waals surface area contributed by atoms with Gasteiger partial charge in [0, 0.05) is 23.2 Å². The molecule has 0 saturated heterocycles. The molecule has 4 N–H and O–H groups in total. The Bertz CT molecular complexity index is 1400. The van der Waals surface area contributed by atoms with Gasteiger partial charge in [-0.2, -0.15) is 0 Å². The zero-order chi connectivity index (χ0) is 39.5. The molecule has 0 bridgehead atoms. The molecular weight excluding hydrogens is 677 g/mol. The van der Waals surface area contributed by atoms with Gasteiger partial charge in [0.25, 0.3) is 0 Å². The molecule has 0 aromatic heterocycles. The van der Waals surface area contributed by atoms with Crippen LogP contribution in [0.25, 0.3) is 0 Å². The third kappa shape index (κ3) is 17.7. The number of rotatable bonds is 31. The van der Waals surface area contributed by atoms with E-state index >= 15 is 0 Å². The Balaban J connectivity index is 1.21. The summed E-state index contributed by atoms with van der Waals surface area (Å²) in [6, 6.07) is 36.4. The van der Waals surface area contributed by atoms with Gasteiger partial charge in [0.15, 0.2) is 0 Å². The smallest absolute Gasteiger partial charge is 0.0314 e. The van der Waals surface area contributed by atoms with E-state index in [9.17, 15) is 0 Å². The minimum absolute atomic E-state index is 0.441. The van der Waals surface area contributed by atoms with E-state index in [4.69, 9.17) is 11.5 Å². The highest BCUT2D eigenvalue weighted by atomic mass is 14.5. The summed E-state index contributed by atoms with van der Waals surface area (Å²) < 4.78 is 0. The quantitative estimate of drug-likeness (QED) is 0.0397. The van der Waals surface area contributed by atoms with Gasteiger partial charge in [0.1, 0.15) is 0 Å². The maximum Gasteiger partial charge on any atom is 0.0314 e. The van der Waals surface area contributed by atoms with Crippen molar-refractivity contribution in [1.29, 1.82) is 0 Å². The van der Waals surface area contributed by atoms with E-state index in [1.165, 1.54) is 187 Å². The number of hydrogen-bond donors (Lipinski definition) is 2. The normalized spacial score (nSPS) is 12.5. The molecule has 0 aliphatic heterocycles. The average Bonchev–Trinajstić information content (AvgIpc) is 3.22. The van der Waals surface area contributed by atoms with Crippen molar-refractivity contribution in [2.24, 2.45) is 0 Å². The lowest BCUT2D eigenvalue weighted by Gasteiger charge is -2.19. The number of nitrogens with two attached hydrogens (primary N) is 2. The van der Waals surface area contributed by atoms with Gasteiger partial charge < -0.3 is 11.5 Å². The Kier molecular flexibility index (Phi) is 22.6. The Hall–Kier alpha value is -3.52. The Morgan fingerprint density at radius 3 is 0.839 bits per heavy atom. The monoisotopic (exact) mass is 757 g/mol. The second-order valence-electron chi connectivity index (χ2n) is 17.1. The van der Waals surface area contributed by atoms with Gasteiger partial charge in [-0.3, -0.25) is 0 Å². The van der Waals surface area contributed by atoms with E-state index in [1.807, 2.05) is 0 Å². The summed E-state index contributed by atoms with van der Waals surface area (Å²) in [6.07, 6.45) is 34.7. The first-order chi connectivity index (χ1) is 27.6. The molecule has 4 rings (SSSR count). The first kappa shape index (κ1) is 45.2. The summed E-state index contributed by atoms with van der Waals surface area (Å²) in [6.45, 7) is 4.60. The number of anilines is 2. The van der Waals surface area contributed by atoms with Crippen LogP contribution >= 0.6 is 0 Å². The molecule has 0 aliphatic carbocycles. The number of benzene rings is 4. The third-order valence-corrected chi connectivity index (χ3v) is 12.3. The SMILES string of the molecule is CCCCCCCCCCCCC(c1ccc(N)cc1)c1ccc(CCCCc2ccc(C(CCCCCCCCCCCC)c3ccc(N)cc3)cc2)cc1. The molecule has 0 fully saturated rings. The van der Waals surface area contributed by atoms with Crippen molar-refractivity contribution < 1.29 is 0 Å². The fraction of sp³-hybridized carbons (Fsp3) is 0.556. The van der Waals surface area contributed by atoms with Crippen LogP contribution in [-0.4, -0.2) is 0 Å². The lowest BCUT2D eigenvalue weighted by Crippen LogP contribution is -2.03. The van der Waals surface area contributed by atoms with Crippen LogP contribution in [0.2, 0.25) is 0 Å². The zero-order valence-corrected chi connectivity index (χ0v) is 35.9. The van der Waals surface area contributed by atoms with E-state index < -0.39 is 0 Å². The molecular formula is C54H80N2. The van der Waals surface area contributed by atoms with Crippen molar-refractivity contribution in [3.05, 3.63) is 130 Å². The predicted molar refractivity (Wildman–Crippen MR) is 248 cm³/mol. The Labute approximate surface area is 344 Å². The summed E-state index contributed by atoms with van der Waals surface area (Å²) in [4.78, 5) is 0. The van der Waals surface area contributed by atoms with E-state index in [0.717, 1.165) is 24.2 Å². The molecule has 2 nitrogen and oxygen atoms in total. The minimum Gasteiger partial charge on any atom is -0.399 e. The van der Waals surface area contributed by atoms with Crippen molar-refractivity contribution in [3.63, 3.8) is 0 Å². The summed E-state index contributed by atoms with van der Waals surface area (Å²) in [5.41, 5.74) is 22.4. The summed E-state index contributed by atoms with van der Waals surface area (Å²) in [7, 11) is 0. The van der Waals surface area contributed by atoms with Gasteiger partial charge in [-0.1, -0.05) is 215 Å². The molecule has 0 amide bonds. The molecule has 4 aromatic rings. The van der Waals surface area contributed by atoms with Crippen LogP contribution in [0.15, 0.2) is 97.1 Å². The van der Waals surface area contributed by atoms with Crippen LogP contribution in [0.4, 0.5) is 11.4 Å². The first-order valence-electron chi connectivity index (χ1n) is 23.5. The fourth-order valence-electron chi connectivity index (χ4n) is 8.67. The molecule has 0 heterocycles. The van der Waals surface area contributed by atoms with Crippen LogP contribution in [0.1, 0.15) is 213 Å². The summed E-state index contributed by atoms with van der Waals surface area (Å²) in [5, 5.41) is 0. The second-order valence-corrected chi connectivity index (χ2v) is 17.1. The maximum atomic E-state index is 6.07. The molecule has 2 atom stereocenters. The molecule has 2 unspecified atom stereocenters. The standard InChI is InChI=1S/C54H80N2/c1-3-5-7-9-11-13-15-17-19-21-27-53(49-37-41-51(55)42-38-49)47-33-29-45(30-34-47)25-23-24-26-46-31-35-48(36-32-46)54(50-39-43-52(56)44-40-50)28-22-20-18-16-14-12-10-8-6-4-2/h29-44,53-54H,3-28,55-56H2,1-2H3. The van der Waals surface area contributed by atoms with E-state index in [-0.39, 0.29) is 0 Å². The van der Waals surface area contributed by atoms with Crippen LogP contribution < -0.4 is 11.5 Å². The van der Waals surface area contributed by atoms with Crippen molar-refractivity contribution in [1.82, 2.24) is 0 Å². The number of hydrogen-bond acceptors (Lipinski definition) is 2. The molecule has 56 heavy (non-hydrogen) atoms. The van der Waals surface area contributed by atoms with Crippen molar-refractivity contribution in [2.45, 2.75) is 193 Å². The van der Waals surface area contributed by atoms with E-state index in [1.54, 1.807) is 0 Å². The van der Waals surface area contributed by atoms with E-state index in [0.29, 0.717) is 11.8 Å². The van der Waals surface area contributed by atoms with Crippen LogP contribution in [0.3, 0.4) is 0 Å². The van der Waals surface area contributed by atoms with Gasteiger partial charge in [-0.25, -0.2) is 0 Å². The topological polar surface area (TPSA) is 52.0 Å². The lowest BCUT2D eigenvalue weighted by atomic mass is 9.85. The van der Waals surface area contributed by atoms with E-state index in [2.05, 4.69) is 111 Å². The summed E-state index contributed by atoms with van der Waals surface area (Å²) in [5.74, 6) is 0.882. The number of nitrogen functional groups attached to an aromatic ring is 2.